The van der Waals surface area contributed by atoms with Crippen molar-refractivity contribution in [2.45, 2.75) is 77.6 Å². The van der Waals surface area contributed by atoms with Gasteiger partial charge in [-0.2, -0.15) is 0 Å². The first-order chi connectivity index (χ1) is 15.5. The molecule has 0 radical (unpaired) electrons. The zero-order valence-electron chi connectivity index (χ0n) is 18.8. The molecule has 0 aliphatic heterocycles. The molecule has 32 heavy (non-hydrogen) atoms. The molecule has 0 nitrogen and oxygen atoms in total. The molecular formula is C28H32F4. The first-order valence-corrected chi connectivity index (χ1v) is 12.1. The Morgan fingerprint density at radius 1 is 0.844 bits per heavy atom. The third-order valence-corrected chi connectivity index (χ3v) is 7.44. The lowest BCUT2D eigenvalue weighted by molar-refractivity contribution is 0.249. The van der Waals surface area contributed by atoms with Gasteiger partial charge in [-0.05, 0) is 72.4 Å². The van der Waals surface area contributed by atoms with Crippen LogP contribution in [0.5, 0.6) is 0 Å². The number of halogens is 4. The fraction of sp³-hybridized carbons (Fsp3) is 0.500. The number of unbranched alkanes of at least 4 members (excludes halogenated alkanes) is 1. The Morgan fingerprint density at radius 3 is 2.25 bits per heavy atom. The molecule has 0 spiro atoms. The summed E-state index contributed by atoms with van der Waals surface area (Å²) in [4.78, 5) is 0. The molecule has 4 rings (SSSR count). The maximum absolute atomic E-state index is 15.2. The quantitative estimate of drug-likeness (QED) is 0.296. The van der Waals surface area contributed by atoms with Gasteiger partial charge in [-0.3, -0.25) is 0 Å². The predicted octanol–water partition coefficient (Wildman–Crippen LogP) is 8.71. The van der Waals surface area contributed by atoms with Gasteiger partial charge in [-0.1, -0.05) is 69.6 Å². The highest BCUT2D eigenvalue weighted by atomic mass is 19.2. The highest BCUT2D eigenvalue weighted by molar-refractivity contribution is 5.67. The van der Waals surface area contributed by atoms with E-state index in [9.17, 15) is 13.2 Å². The van der Waals surface area contributed by atoms with Crippen LogP contribution in [-0.4, -0.2) is 0 Å². The van der Waals surface area contributed by atoms with E-state index in [0.717, 1.165) is 36.8 Å². The summed E-state index contributed by atoms with van der Waals surface area (Å²) in [5.41, 5.74) is 2.13. The van der Waals surface area contributed by atoms with Crippen LogP contribution in [0, 0.1) is 35.1 Å². The monoisotopic (exact) mass is 444 g/mol. The van der Waals surface area contributed by atoms with Crippen LogP contribution in [0.3, 0.4) is 0 Å². The Bertz CT molecular complexity index is 983. The van der Waals surface area contributed by atoms with E-state index in [1.165, 1.54) is 62.7 Å². The fourth-order valence-electron chi connectivity index (χ4n) is 5.45. The van der Waals surface area contributed by atoms with Crippen molar-refractivity contribution in [1.82, 2.24) is 0 Å². The minimum atomic E-state index is -1.11. The smallest absolute Gasteiger partial charge is 0.159 e. The van der Waals surface area contributed by atoms with E-state index in [1.807, 2.05) is 0 Å². The summed E-state index contributed by atoms with van der Waals surface area (Å²) in [5, 5.41) is 0. The third-order valence-electron chi connectivity index (χ3n) is 7.44. The molecule has 0 N–H and O–H groups in total. The van der Waals surface area contributed by atoms with Gasteiger partial charge in [-0.15, -0.1) is 0 Å². The molecule has 4 heteroatoms. The van der Waals surface area contributed by atoms with E-state index in [0.29, 0.717) is 24.0 Å². The van der Waals surface area contributed by atoms with E-state index in [4.69, 9.17) is 0 Å². The highest BCUT2D eigenvalue weighted by Crippen LogP contribution is 2.37. The van der Waals surface area contributed by atoms with Crippen LogP contribution in [0.1, 0.15) is 75.8 Å². The molecule has 1 fully saturated rings. The van der Waals surface area contributed by atoms with Gasteiger partial charge in [-0.25, -0.2) is 17.6 Å². The summed E-state index contributed by atoms with van der Waals surface area (Å²) in [6.45, 7) is 2.25. The Hall–Kier alpha value is -2.10. The van der Waals surface area contributed by atoms with Gasteiger partial charge in [0.2, 0.25) is 0 Å². The minimum absolute atomic E-state index is 0.0195. The predicted molar refractivity (Wildman–Crippen MR) is 121 cm³/mol. The Morgan fingerprint density at radius 2 is 1.56 bits per heavy atom. The van der Waals surface area contributed by atoms with Crippen LogP contribution in [0.15, 0.2) is 35.9 Å². The average Bonchev–Trinajstić information content (AvgIpc) is 2.79. The van der Waals surface area contributed by atoms with Gasteiger partial charge in [0.05, 0.1) is 5.56 Å². The number of hydrogen-bond acceptors (Lipinski definition) is 0. The number of fused-ring (bicyclic) bond motifs is 1. The van der Waals surface area contributed by atoms with Crippen molar-refractivity contribution < 1.29 is 17.6 Å². The molecule has 2 aliphatic carbocycles. The van der Waals surface area contributed by atoms with Crippen LogP contribution in [-0.2, 0) is 12.8 Å². The minimum Gasteiger partial charge on any atom is -0.206 e. The van der Waals surface area contributed by atoms with E-state index in [1.54, 1.807) is 0 Å². The molecule has 0 bridgehead atoms. The van der Waals surface area contributed by atoms with Crippen molar-refractivity contribution in [3.63, 3.8) is 0 Å². The van der Waals surface area contributed by atoms with Crippen molar-refractivity contribution in [2.75, 3.05) is 0 Å². The van der Waals surface area contributed by atoms with E-state index in [2.05, 4.69) is 13.0 Å². The number of rotatable bonds is 7. The molecular weight excluding hydrogens is 412 g/mol. The zero-order chi connectivity index (χ0) is 22.7. The molecule has 0 atom stereocenters. The fourth-order valence-corrected chi connectivity index (χ4v) is 5.45. The molecule has 0 heterocycles. The van der Waals surface area contributed by atoms with Crippen LogP contribution in [0.2, 0.25) is 0 Å². The second-order valence-corrected chi connectivity index (χ2v) is 9.62. The number of benzene rings is 2. The Kier molecular flexibility index (Phi) is 7.37. The van der Waals surface area contributed by atoms with Crippen LogP contribution < -0.4 is 0 Å². The zero-order valence-corrected chi connectivity index (χ0v) is 18.8. The van der Waals surface area contributed by atoms with Gasteiger partial charge in [0, 0.05) is 0 Å². The Balaban J connectivity index is 1.40. The average molecular weight is 445 g/mol. The molecule has 2 aromatic carbocycles. The summed E-state index contributed by atoms with van der Waals surface area (Å²) < 4.78 is 56.8. The molecule has 0 saturated heterocycles. The molecule has 0 aromatic heterocycles. The molecule has 1 saturated carbocycles. The lowest BCUT2D eigenvalue weighted by atomic mass is 9.77. The lowest BCUT2D eigenvalue weighted by Crippen LogP contribution is -2.15. The molecule has 2 aromatic rings. The standard InChI is InChI=1S/C28H32F4/c1-2-3-4-18-5-7-19(8-6-18)9-10-20-11-13-23-22(15-20)17-26(31)27(28(23)32)21-12-14-24(29)25(30)16-21/h11-12,14,16-19H,2-10,13,15H2,1H3. The van der Waals surface area contributed by atoms with Crippen molar-refractivity contribution in [3.05, 3.63) is 70.3 Å². The van der Waals surface area contributed by atoms with E-state index >= 15 is 4.39 Å². The maximum atomic E-state index is 15.2. The number of hydrogen-bond donors (Lipinski definition) is 0. The van der Waals surface area contributed by atoms with Gasteiger partial charge in [0.25, 0.3) is 0 Å². The van der Waals surface area contributed by atoms with Crippen LogP contribution >= 0.6 is 0 Å². The van der Waals surface area contributed by atoms with E-state index < -0.39 is 23.3 Å². The van der Waals surface area contributed by atoms with Crippen molar-refractivity contribution in [1.29, 1.82) is 0 Å². The van der Waals surface area contributed by atoms with Gasteiger partial charge < -0.3 is 0 Å². The number of allylic oxidation sites excluding steroid dienone is 2. The van der Waals surface area contributed by atoms with Crippen LogP contribution in [0.25, 0.3) is 11.1 Å². The topological polar surface area (TPSA) is 0 Å². The lowest BCUT2D eigenvalue weighted by Gasteiger charge is -2.29. The maximum Gasteiger partial charge on any atom is 0.159 e. The molecule has 172 valence electrons. The second-order valence-electron chi connectivity index (χ2n) is 9.62. The summed E-state index contributed by atoms with van der Waals surface area (Å²) in [7, 11) is 0. The first kappa shape index (κ1) is 23.1. The SMILES string of the molecule is CCCCC1CCC(CCC2=CCc3c(cc(F)c(-c4ccc(F)c(F)c4)c3F)C2)CC1. The van der Waals surface area contributed by atoms with Gasteiger partial charge in [0.1, 0.15) is 11.6 Å². The van der Waals surface area contributed by atoms with Crippen LogP contribution in [0.4, 0.5) is 17.6 Å². The summed E-state index contributed by atoms with van der Waals surface area (Å²) in [6, 6.07) is 4.34. The van der Waals surface area contributed by atoms with Crippen molar-refractivity contribution in [2.24, 2.45) is 11.8 Å². The van der Waals surface area contributed by atoms with Gasteiger partial charge in [0.15, 0.2) is 11.6 Å². The Labute approximate surface area is 188 Å². The molecule has 2 aliphatic rings. The third kappa shape index (κ3) is 5.10. The highest BCUT2D eigenvalue weighted by Gasteiger charge is 2.24. The second kappa shape index (κ2) is 10.2. The van der Waals surface area contributed by atoms with Gasteiger partial charge >= 0.3 is 0 Å². The van der Waals surface area contributed by atoms with E-state index in [-0.39, 0.29) is 11.1 Å². The summed E-state index contributed by atoms with van der Waals surface area (Å²) >= 11 is 0. The normalized spacial score (nSPS) is 20.7. The van der Waals surface area contributed by atoms with Crippen molar-refractivity contribution >= 4 is 0 Å². The largest absolute Gasteiger partial charge is 0.206 e. The summed E-state index contributed by atoms with van der Waals surface area (Å²) in [5.74, 6) is -1.86. The molecule has 0 unspecified atom stereocenters. The first-order valence-electron chi connectivity index (χ1n) is 12.1. The van der Waals surface area contributed by atoms with Crippen molar-refractivity contribution in [3.8, 4) is 11.1 Å². The summed E-state index contributed by atoms with van der Waals surface area (Å²) in [6.07, 6.45) is 14.5. The molecule has 0 amide bonds.